The predicted molar refractivity (Wildman–Crippen MR) is 68.8 cm³/mol. The molecule has 0 spiro atoms. The highest BCUT2D eigenvalue weighted by Gasteiger charge is 2.17. The van der Waals surface area contributed by atoms with Crippen LogP contribution in [0.25, 0.3) is 0 Å². The topological polar surface area (TPSA) is 41.1 Å². The number of aryl methyl sites for hydroxylation is 1. The first-order valence-corrected chi connectivity index (χ1v) is 6.52. The fraction of sp³-hybridized carbons (Fsp3) is 0.583. The lowest BCUT2D eigenvalue weighted by molar-refractivity contribution is -0.122. The molecule has 2 N–H and O–H groups in total. The van der Waals surface area contributed by atoms with Crippen LogP contribution in [-0.2, 0) is 4.79 Å². The van der Waals surface area contributed by atoms with Crippen molar-refractivity contribution in [3.05, 3.63) is 21.9 Å². The maximum atomic E-state index is 11.6. The van der Waals surface area contributed by atoms with Gasteiger partial charge in [0, 0.05) is 17.5 Å². The summed E-state index contributed by atoms with van der Waals surface area (Å²) in [5.41, 5.74) is 1.29. The average Bonchev–Trinajstić information content (AvgIpc) is 2.64. The van der Waals surface area contributed by atoms with Crippen molar-refractivity contribution in [2.24, 2.45) is 0 Å². The van der Waals surface area contributed by atoms with Crippen LogP contribution in [0.1, 0.15) is 37.3 Å². The Morgan fingerprint density at radius 2 is 2.19 bits per heavy atom. The Labute approximate surface area is 101 Å². The number of nitrogens with one attached hydrogen (secondary N) is 2. The molecule has 0 aliphatic carbocycles. The number of carbonyl (C=O) groups excluding carboxylic acids is 1. The molecule has 3 nitrogen and oxygen atoms in total. The van der Waals surface area contributed by atoms with E-state index in [1.165, 1.54) is 10.4 Å². The Kier molecular flexibility index (Phi) is 4.96. The van der Waals surface area contributed by atoms with Crippen LogP contribution in [0.4, 0.5) is 0 Å². The van der Waals surface area contributed by atoms with Crippen LogP contribution in [-0.4, -0.2) is 18.5 Å². The Balaban J connectivity index is 2.54. The molecule has 16 heavy (non-hydrogen) atoms. The van der Waals surface area contributed by atoms with E-state index in [4.69, 9.17) is 0 Å². The van der Waals surface area contributed by atoms with E-state index in [0.717, 1.165) is 0 Å². The first kappa shape index (κ1) is 13.2. The normalized spacial score (nSPS) is 14.5. The molecule has 0 saturated carbocycles. The number of hydrogen-bond donors (Lipinski definition) is 2. The highest BCUT2D eigenvalue weighted by atomic mass is 32.1. The van der Waals surface area contributed by atoms with Crippen molar-refractivity contribution in [2.75, 3.05) is 6.54 Å². The summed E-state index contributed by atoms with van der Waals surface area (Å²) in [7, 11) is 0. The van der Waals surface area contributed by atoms with Gasteiger partial charge in [0.25, 0.3) is 0 Å². The van der Waals surface area contributed by atoms with Crippen LogP contribution in [0, 0.1) is 6.92 Å². The van der Waals surface area contributed by atoms with Gasteiger partial charge in [-0.05, 0) is 44.7 Å². The molecule has 2 unspecified atom stereocenters. The summed E-state index contributed by atoms with van der Waals surface area (Å²) >= 11 is 1.73. The van der Waals surface area contributed by atoms with Crippen molar-refractivity contribution in [3.8, 4) is 0 Å². The molecule has 4 heteroatoms. The molecular weight excluding hydrogens is 220 g/mol. The third-order valence-electron chi connectivity index (χ3n) is 2.54. The van der Waals surface area contributed by atoms with E-state index in [2.05, 4.69) is 35.9 Å². The monoisotopic (exact) mass is 240 g/mol. The van der Waals surface area contributed by atoms with Crippen molar-refractivity contribution >= 4 is 17.2 Å². The number of carbonyl (C=O) groups is 1. The number of likely N-dealkylation sites (N-methyl/N-ethyl adjacent to an activating group) is 1. The van der Waals surface area contributed by atoms with Crippen molar-refractivity contribution < 1.29 is 4.79 Å². The van der Waals surface area contributed by atoms with Gasteiger partial charge in [-0.2, -0.15) is 0 Å². The summed E-state index contributed by atoms with van der Waals surface area (Å²) < 4.78 is 0. The lowest BCUT2D eigenvalue weighted by Crippen LogP contribution is -2.42. The maximum absolute atomic E-state index is 11.6. The van der Waals surface area contributed by atoms with Gasteiger partial charge in [-0.3, -0.25) is 10.1 Å². The quantitative estimate of drug-likeness (QED) is 0.828. The van der Waals surface area contributed by atoms with E-state index in [1.807, 2.05) is 13.8 Å². The zero-order valence-electron chi connectivity index (χ0n) is 10.3. The lowest BCUT2D eigenvalue weighted by atomic mass is 10.1. The minimum absolute atomic E-state index is 0.0589. The zero-order chi connectivity index (χ0) is 12.1. The van der Waals surface area contributed by atoms with Gasteiger partial charge in [0.15, 0.2) is 0 Å². The minimum atomic E-state index is -0.156. The molecule has 0 aliphatic rings. The van der Waals surface area contributed by atoms with Crippen molar-refractivity contribution in [1.82, 2.24) is 10.6 Å². The standard InChI is InChI=1S/C12H20N2OS/c1-5-13-12(15)10(4)14-9(3)11-8(2)6-7-16-11/h6-7,9-10,14H,5H2,1-4H3,(H,13,15). The number of hydrogen-bond acceptors (Lipinski definition) is 3. The first-order valence-electron chi connectivity index (χ1n) is 5.64. The highest BCUT2D eigenvalue weighted by molar-refractivity contribution is 7.10. The van der Waals surface area contributed by atoms with E-state index in [1.54, 1.807) is 11.3 Å². The summed E-state index contributed by atoms with van der Waals surface area (Å²) in [6.07, 6.45) is 0. The number of rotatable bonds is 5. The molecule has 1 heterocycles. The second-order valence-corrected chi connectivity index (χ2v) is 4.92. The van der Waals surface area contributed by atoms with Gasteiger partial charge in [-0.1, -0.05) is 0 Å². The summed E-state index contributed by atoms with van der Waals surface area (Å²) in [4.78, 5) is 12.9. The van der Waals surface area contributed by atoms with E-state index in [0.29, 0.717) is 6.54 Å². The SMILES string of the molecule is CCNC(=O)C(C)NC(C)c1sccc1C. The number of amides is 1. The van der Waals surface area contributed by atoms with Crippen LogP contribution in [0.3, 0.4) is 0 Å². The minimum Gasteiger partial charge on any atom is -0.355 e. The van der Waals surface area contributed by atoms with Gasteiger partial charge in [0.2, 0.25) is 5.91 Å². The lowest BCUT2D eigenvalue weighted by Gasteiger charge is -2.19. The third-order valence-corrected chi connectivity index (χ3v) is 3.74. The van der Waals surface area contributed by atoms with Crippen molar-refractivity contribution in [2.45, 2.75) is 39.8 Å². The zero-order valence-corrected chi connectivity index (χ0v) is 11.1. The summed E-state index contributed by atoms with van der Waals surface area (Å²) in [5.74, 6) is 0.0589. The van der Waals surface area contributed by atoms with E-state index in [9.17, 15) is 4.79 Å². The van der Waals surface area contributed by atoms with E-state index in [-0.39, 0.29) is 18.0 Å². The molecule has 1 amide bonds. The molecule has 90 valence electrons. The molecule has 0 fully saturated rings. The molecule has 0 aromatic carbocycles. The van der Waals surface area contributed by atoms with Crippen molar-refractivity contribution in [3.63, 3.8) is 0 Å². The summed E-state index contributed by atoms with van der Waals surface area (Å²) in [5, 5.41) is 8.20. The van der Waals surface area contributed by atoms with Gasteiger partial charge in [-0.15, -0.1) is 11.3 Å². The van der Waals surface area contributed by atoms with Crippen LogP contribution in [0.5, 0.6) is 0 Å². The smallest absolute Gasteiger partial charge is 0.236 e. The molecule has 1 rings (SSSR count). The molecule has 0 radical (unpaired) electrons. The highest BCUT2D eigenvalue weighted by Crippen LogP contribution is 2.23. The van der Waals surface area contributed by atoms with Gasteiger partial charge < -0.3 is 5.32 Å². The summed E-state index contributed by atoms with van der Waals surface area (Å²) in [6, 6.07) is 2.17. The number of thiophene rings is 1. The molecule has 0 bridgehead atoms. The first-order chi connectivity index (χ1) is 7.56. The van der Waals surface area contributed by atoms with Crippen LogP contribution in [0.2, 0.25) is 0 Å². The van der Waals surface area contributed by atoms with E-state index < -0.39 is 0 Å². The second kappa shape index (κ2) is 6.01. The fourth-order valence-corrected chi connectivity index (χ4v) is 2.63. The van der Waals surface area contributed by atoms with Gasteiger partial charge in [-0.25, -0.2) is 0 Å². The Bertz CT molecular complexity index is 349. The Morgan fingerprint density at radius 1 is 1.50 bits per heavy atom. The molecule has 0 aliphatic heterocycles. The molecule has 2 atom stereocenters. The fourth-order valence-electron chi connectivity index (χ4n) is 1.68. The Hall–Kier alpha value is -0.870. The third kappa shape index (κ3) is 3.32. The molecular formula is C12H20N2OS. The van der Waals surface area contributed by atoms with Gasteiger partial charge >= 0.3 is 0 Å². The molecule has 0 saturated heterocycles. The molecule has 1 aromatic heterocycles. The van der Waals surface area contributed by atoms with Crippen LogP contribution >= 0.6 is 11.3 Å². The van der Waals surface area contributed by atoms with E-state index >= 15 is 0 Å². The molecule has 1 aromatic rings. The average molecular weight is 240 g/mol. The van der Waals surface area contributed by atoms with Gasteiger partial charge in [0.1, 0.15) is 0 Å². The second-order valence-electron chi connectivity index (χ2n) is 3.97. The van der Waals surface area contributed by atoms with Crippen LogP contribution < -0.4 is 10.6 Å². The van der Waals surface area contributed by atoms with Crippen LogP contribution in [0.15, 0.2) is 11.4 Å². The largest absolute Gasteiger partial charge is 0.355 e. The predicted octanol–water partition coefficient (Wildman–Crippen LogP) is 2.23. The summed E-state index contributed by atoms with van der Waals surface area (Å²) in [6.45, 7) is 8.69. The maximum Gasteiger partial charge on any atom is 0.236 e. The van der Waals surface area contributed by atoms with Gasteiger partial charge in [0.05, 0.1) is 6.04 Å². The van der Waals surface area contributed by atoms with Crippen molar-refractivity contribution in [1.29, 1.82) is 0 Å². The Morgan fingerprint density at radius 3 is 2.69 bits per heavy atom.